The van der Waals surface area contributed by atoms with Gasteiger partial charge in [-0.2, -0.15) is 5.26 Å². The van der Waals surface area contributed by atoms with E-state index in [2.05, 4.69) is 9.97 Å². The van der Waals surface area contributed by atoms with Crippen molar-refractivity contribution in [2.24, 2.45) is 0 Å². The molecule has 1 aromatic heterocycles. The summed E-state index contributed by atoms with van der Waals surface area (Å²) in [6, 6.07) is 2.00. The Labute approximate surface area is 86.8 Å². The first-order chi connectivity index (χ1) is 7.15. The summed E-state index contributed by atoms with van der Waals surface area (Å²) in [6.07, 6.45) is 3.00. The Morgan fingerprint density at radius 1 is 1.67 bits per heavy atom. The smallest absolute Gasteiger partial charge is 0.356 e. The molecule has 0 aromatic carbocycles. The van der Waals surface area contributed by atoms with Crippen LogP contribution in [0.4, 0.5) is 5.82 Å². The highest BCUT2D eigenvalue weighted by Crippen LogP contribution is 2.07. The Balaban J connectivity index is 2.81. The number of nitrogens with zero attached hydrogens (tertiary/aromatic N) is 4. The molecule has 6 heteroatoms. The molecule has 0 fully saturated rings. The van der Waals surface area contributed by atoms with Gasteiger partial charge in [0, 0.05) is 13.6 Å². The summed E-state index contributed by atoms with van der Waals surface area (Å²) >= 11 is 0. The van der Waals surface area contributed by atoms with E-state index in [0.29, 0.717) is 18.8 Å². The van der Waals surface area contributed by atoms with Gasteiger partial charge in [0.15, 0.2) is 5.69 Å². The van der Waals surface area contributed by atoms with E-state index in [9.17, 15) is 4.79 Å². The van der Waals surface area contributed by atoms with Crippen LogP contribution in [0.15, 0.2) is 12.4 Å². The van der Waals surface area contributed by atoms with Gasteiger partial charge >= 0.3 is 5.97 Å². The van der Waals surface area contributed by atoms with Gasteiger partial charge in [0.25, 0.3) is 0 Å². The molecule has 15 heavy (non-hydrogen) atoms. The molecule has 0 aliphatic carbocycles. The van der Waals surface area contributed by atoms with Crippen molar-refractivity contribution in [2.45, 2.75) is 6.42 Å². The summed E-state index contributed by atoms with van der Waals surface area (Å²) in [4.78, 5) is 19.9. The third-order valence-corrected chi connectivity index (χ3v) is 1.79. The van der Waals surface area contributed by atoms with Gasteiger partial charge in [-0.3, -0.25) is 4.98 Å². The third-order valence-electron chi connectivity index (χ3n) is 1.79. The molecule has 0 radical (unpaired) electrons. The second-order valence-electron chi connectivity index (χ2n) is 2.90. The van der Waals surface area contributed by atoms with E-state index in [1.165, 1.54) is 12.4 Å². The number of hydrogen-bond donors (Lipinski definition) is 1. The van der Waals surface area contributed by atoms with Crippen LogP contribution in [0.2, 0.25) is 0 Å². The normalized spacial score (nSPS) is 9.33. The zero-order chi connectivity index (χ0) is 11.3. The van der Waals surface area contributed by atoms with Crippen LogP contribution in [-0.2, 0) is 0 Å². The molecule has 0 bridgehead atoms. The van der Waals surface area contributed by atoms with E-state index >= 15 is 0 Å². The van der Waals surface area contributed by atoms with Crippen molar-refractivity contribution in [3.8, 4) is 6.07 Å². The molecule has 1 aromatic rings. The maximum absolute atomic E-state index is 10.6. The van der Waals surface area contributed by atoms with Crippen LogP contribution >= 0.6 is 0 Å². The SMILES string of the molecule is CN(CCC#N)c1cncc(C(=O)O)n1. The maximum Gasteiger partial charge on any atom is 0.356 e. The molecule has 0 unspecified atom stereocenters. The fraction of sp³-hybridized carbons (Fsp3) is 0.333. The van der Waals surface area contributed by atoms with Crippen LogP contribution in [0.5, 0.6) is 0 Å². The first-order valence-corrected chi connectivity index (χ1v) is 4.28. The summed E-state index contributed by atoms with van der Waals surface area (Å²) in [5, 5.41) is 17.1. The standard InChI is InChI=1S/C9H10N4O2/c1-13(4-2-3-10)8-6-11-5-7(12-8)9(14)15/h5-6H,2,4H2,1H3,(H,14,15). The fourth-order valence-electron chi connectivity index (χ4n) is 0.975. The Bertz CT molecular complexity index is 399. The lowest BCUT2D eigenvalue weighted by Gasteiger charge is -2.15. The van der Waals surface area contributed by atoms with Gasteiger partial charge in [0.1, 0.15) is 5.82 Å². The van der Waals surface area contributed by atoms with E-state index in [0.717, 1.165) is 0 Å². The Kier molecular flexibility index (Phi) is 3.57. The van der Waals surface area contributed by atoms with Crippen LogP contribution in [0.25, 0.3) is 0 Å². The summed E-state index contributed by atoms with van der Waals surface area (Å²) in [5.41, 5.74) is -0.101. The van der Waals surface area contributed by atoms with Gasteiger partial charge in [-0.15, -0.1) is 0 Å². The third kappa shape index (κ3) is 2.91. The van der Waals surface area contributed by atoms with Crippen molar-refractivity contribution in [2.75, 3.05) is 18.5 Å². The monoisotopic (exact) mass is 206 g/mol. The number of aromatic carboxylic acids is 1. The first-order valence-electron chi connectivity index (χ1n) is 4.28. The molecule has 0 atom stereocenters. The highest BCUT2D eigenvalue weighted by Gasteiger charge is 2.08. The maximum atomic E-state index is 10.6. The van der Waals surface area contributed by atoms with Gasteiger partial charge in [0.05, 0.1) is 24.9 Å². The predicted molar refractivity (Wildman–Crippen MR) is 52.5 cm³/mol. The van der Waals surface area contributed by atoms with Gasteiger partial charge in [0.2, 0.25) is 0 Å². The van der Waals surface area contributed by atoms with E-state index in [-0.39, 0.29) is 5.69 Å². The molecule has 0 saturated carbocycles. The summed E-state index contributed by atoms with van der Waals surface area (Å²) in [6.45, 7) is 0.494. The Hall–Kier alpha value is -2.16. The average Bonchev–Trinajstić information content (AvgIpc) is 2.26. The zero-order valence-electron chi connectivity index (χ0n) is 8.21. The van der Waals surface area contributed by atoms with Crippen molar-refractivity contribution >= 4 is 11.8 Å². The zero-order valence-corrected chi connectivity index (χ0v) is 8.21. The van der Waals surface area contributed by atoms with Crippen LogP contribution < -0.4 is 4.90 Å². The van der Waals surface area contributed by atoms with Crippen molar-refractivity contribution in [1.82, 2.24) is 9.97 Å². The summed E-state index contributed by atoms with van der Waals surface area (Å²) < 4.78 is 0. The highest BCUT2D eigenvalue weighted by atomic mass is 16.4. The second-order valence-corrected chi connectivity index (χ2v) is 2.90. The lowest BCUT2D eigenvalue weighted by atomic mass is 10.4. The van der Waals surface area contributed by atoms with Crippen LogP contribution in [0.1, 0.15) is 16.9 Å². The molecular formula is C9H10N4O2. The van der Waals surface area contributed by atoms with Gasteiger partial charge in [-0.1, -0.05) is 0 Å². The van der Waals surface area contributed by atoms with E-state index in [4.69, 9.17) is 10.4 Å². The van der Waals surface area contributed by atoms with E-state index in [1.807, 2.05) is 6.07 Å². The minimum Gasteiger partial charge on any atom is -0.476 e. The summed E-state index contributed by atoms with van der Waals surface area (Å²) in [5.74, 6) is -0.664. The molecule has 0 aliphatic rings. The number of carboxylic acids is 1. The van der Waals surface area contributed by atoms with Gasteiger partial charge in [-0.05, 0) is 0 Å². The number of anilines is 1. The number of nitriles is 1. The Morgan fingerprint density at radius 2 is 2.40 bits per heavy atom. The minimum atomic E-state index is -1.11. The number of rotatable bonds is 4. The van der Waals surface area contributed by atoms with Gasteiger partial charge < -0.3 is 10.0 Å². The Morgan fingerprint density at radius 3 is 3.00 bits per heavy atom. The summed E-state index contributed by atoms with van der Waals surface area (Å²) in [7, 11) is 1.73. The lowest BCUT2D eigenvalue weighted by Crippen LogP contribution is -2.20. The molecule has 0 spiro atoms. The quantitative estimate of drug-likeness (QED) is 0.772. The molecule has 1 heterocycles. The first kappa shape index (κ1) is 10.9. The molecule has 1 N–H and O–H groups in total. The van der Waals surface area contributed by atoms with Crippen LogP contribution in [0, 0.1) is 11.3 Å². The van der Waals surface area contributed by atoms with Crippen LogP contribution in [0.3, 0.4) is 0 Å². The highest BCUT2D eigenvalue weighted by molar-refractivity contribution is 5.85. The largest absolute Gasteiger partial charge is 0.476 e. The van der Waals surface area contributed by atoms with Crippen molar-refractivity contribution in [1.29, 1.82) is 5.26 Å². The number of hydrogen-bond acceptors (Lipinski definition) is 5. The van der Waals surface area contributed by atoms with Crippen molar-refractivity contribution in [3.05, 3.63) is 18.1 Å². The molecule has 0 saturated heterocycles. The number of aromatic nitrogens is 2. The van der Waals surface area contributed by atoms with E-state index in [1.54, 1.807) is 11.9 Å². The predicted octanol–water partition coefficient (Wildman–Crippen LogP) is 0.525. The molecule has 0 amide bonds. The average molecular weight is 206 g/mol. The minimum absolute atomic E-state index is 0.101. The number of carboxylic acid groups (broad SMARTS) is 1. The molecular weight excluding hydrogens is 196 g/mol. The topological polar surface area (TPSA) is 90.1 Å². The molecule has 6 nitrogen and oxygen atoms in total. The van der Waals surface area contributed by atoms with Gasteiger partial charge in [-0.25, -0.2) is 9.78 Å². The lowest BCUT2D eigenvalue weighted by molar-refractivity contribution is 0.0690. The van der Waals surface area contributed by atoms with E-state index < -0.39 is 5.97 Å². The number of carbonyl (C=O) groups is 1. The fourth-order valence-corrected chi connectivity index (χ4v) is 0.975. The van der Waals surface area contributed by atoms with Crippen molar-refractivity contribution < 1.29 is 9.90 Å². The second kappa shape index (κ2) is 4.91. The molecule has 78 valence electrons. The molecule has 0 aliphatic heterocycles. The van der Waals surface area contributed by atoms with Crippen LogP contribution in [-0.4, -0.2) is 34.6 Å². The molecule has 1 rings (SSSR count). The van der Waals surface area contributed by atoms with Crippen molar-refractivity contribution in [3.63, 3.8) is 0 Å².